The van der Waals surface area contributed by atoms with Crippen LogP contribution in [0.2, 0.25) is 0 Å². The van der Waals surface area contributed by atoms with E-state index in [-0.39, 0.29) is 5.69 Å². The van der Waals surface area contributed by atoms with Crippen LogP contribution in [-0.4, -0.2) is 36.1 Å². The molecule has 1 amide bonds. The molecule has 1 fully saturated rings. The number of halogens is 2. The van der Waals surface area contributed by atoms with Gasteiger partial charge in [-0.25, -0.2) is 8.78 Å². The van der Waals surface area contributed by atoms with E-state index in [1.54, 1.807) is 0 Å². The summed E-state index contributed by atoms with van der Waals surface area (Å²) in [6, 6.07) is 2.36. The Morgan fingerprint density at radius 3 is 2.74 bits per heavy atom. The van der Waals surface area contributed by atoms with Crippen molar-refractivity contribution in [1.29, 1.82) is 0 Å². The minimum Gasteiger partial charge on any atom is -0.480 e. The number of carbonyl (C=O) groups is 2. The van der Waals surface area contributed by atoms with Crippen molar-refractivity contribution in [1.82, 2.24) is 5.32 Å². The third-order valence-electron chi connectivity index (χ3n) is 2.95. The van der Waals surface area contributed by atoms with E-state index in [2.05, 4.69) is 5.32 Å². The summed E-state index contributed by atoms with van der Waals surface area (Å²) in [7, 11) is 0. The number of nitrogens with one attached hydrogen (secondary N) is 1. The normalized spacial score (nSPS) is 17.8. The van der Waals surface area contributed by atoms with Crippen molar-refractivity contribution in [3.63, 3.8) is 0 Å². The highest BCUT2D eigenvalue weighted by Gasteiger charge is 2.35. The van der Waals surface area contributed by atoms with Crippen LogP contribution in [0.4, 0.5) is 14.5 Å². The minimum absolute atomic E-state index is 0.0155. The average Bonchev–Trinajstić information content (AvgIpc) is 2.30. The molecule has 19 heavy (non-hydrogen) atoms. The van der Waals surface area contributed by atoms with Crippen molar-refractivity contribution in [3.05, 3.63) is 29.8 Å². The van der Waals surface area contributed by atoms with Gasteiger partial charge in [-0.05, 0) is 18.6 Å². The molecule has 102 valence electrons. The van der Waals surface area contributed by atoms with Crippen molar-refractivity contribution in [2.45, 2.75) is 12.5 Å². The van der Waals surface area contributed by atoms with Gasteiger partial charge in [0.05, 0.1) is 5.69 Å². The maximum absolute atomic E-state index is 13.6. The summed E-state index contributed by atoms with van der Waals surface area (Å²) in [6.07, 6.45) is 0.474. The van der Waals surface area contributed by atoms with Crippen LogP contribution in [-0.2, 0) is 9.59 Å². The Labute approximate surface area is 107 Å². The van der Waals surface area contributed by atoms with E-state index in [0.29, 0.717) is 13.0 Å². The molecule has 1 atom stereocenters. The summed E-state index contributed by atoms with van der Waals surface area (Å²) >= 11 is 0. The number of hydrogen-bond donors (Lipinski definition) is 2. The number of benzene rings is 1. The van der Waals surface area contributed by atoms with E-state index in [1.807, 2.05) is 0 Å². The van der Waals surface area contributed by atoms with Gasteiger partial charge in [0.15, 0.2) is 0 Å². The van der Waals surface area contributed by atoms with E-state index < -0.39 is 36.1 Å². The lowest BCUT2D eigenvalue weighted by molar-refractivity contribution is -0.138. The number of carboxylic acids is 1. The van der Waals surface area contributed by atoms with Crippen LogP contribution in [0.15, 0.2) is 18.2 Å². The molecule has 1 heterocycles. The van der Waals surface area contributed by atoms with Crippen molar-refractivity contribution in [3.8, 4) is 0 Å². The van der Waals surface area contributed by atoms with Gasteiger partial charge in [-0.2, -0.15) is 0 Å². The quantitative estimate of drug-likeness (QED) is 0.847. The monoisotopic (exact) mass is 270 g/mol. The minimum atomic E-state index is -1.16. The summed E-state index contributed by atoms with van der Waals surface area (Å²) in [5.41, 5.74) is 0.0155. The molecule has 0 radical (unpaired) electrons. The Bertz CT molecular complexity index is 522. The first-order valence-corrected chi connectivity index (χ1v) is 5.70. The SMILES string of the molecule is O=C(O)CNC(=O)[C@@H]1CCN1c1cc(F)ccc1F. The molecule has 0 bridgehead atoms. The Hall–Kier alpha value is -2.18. The highest BCUT2D eigenvalue weighted by Crippen LogP contribution is 2.29. The molecule has 1 saturated heterocycles. The molecule has 1 aromatic carbocycles. The van der Waals surface area contributed by atoms with E-state index >= 15 is 0 Å². The highest BCUT2D eigenvalue weighted by molar-refractivity contribution is 5.89. The lowest BCUT2D eigenvalue weighted by Gasteiger charge is -2.41. The smallest absolute Gasteiger partial charge is 0.322 e. The molecule has 0 unspecified atom stereocenters. The predicted octanol–water partition coefficient (Wildman–Crippen LogP) is 0.744. The number of carbonyl (C=O) groups excluding carboxylic acids is 1. The number of amides is 1. The van der Waals surface area contributed by atoms with Gasteiger partial charge in [0.2, 0.25) is 5.91 Å². The number of anilines is 1. The first kappa shape index (κ1) is 13.3. The van der Waals surface area contributed by atoms with E-state index in [9.17, 15) is 18.4 Å². The number of nitrogens with zero attached hydrogens (tertiary/aromatic N) is 1. The molecule has 2 rings (SSSR count). The van der Waals surface area contributed by atoms with Gasteiger partial charge in [0.1, 0.15) is 24.2 Å². The number of carboxylic acid groups (broad SMARTS) is 1. The average molecular weight is 270 g/mol. The predicted molar refractivity (Wildman–Crippen MR) is 62.8 cm³/mol. The van der Waals surface area contributed by atoms with Crippen LogP contribution in [0.25, 0.3) is 0 Å². The third-order valence-corrected chi connectivity index (χ3v) is 2.95. The molecule has 0 aromatic heterocycles. The van der Waals surface area contributed by atoms with Crippen LogP contribution in [0, 0.1) is 11.6 Å². The van der Waals surface area contributed by atoms with E-state index in [1.165, 1.54) is 4.90 Å². The fraction of sp³-hybridized carbons (Fsp3) is 0.333. The summed E-state index contributed by atoms with van der Waals surface area (Å²) in [6.45, 7) is -0.0691. The summed E-state index contributed by atoms with van der Waals surface area (Å²) in [5.74, 6) is -2.86. The molecular weight excluding hydrogens is 258 g/mol. The molecule has 0 aliphatic carbocycles. The summed E-state index contributed by atoms with van der Waals surface area (Å²) < 4.78 is 26.6. The third kappa shape index (κ3) is 2.81. The van der Waals surface area contributed by atoms with Gasteiger partial charge < -0.3 is 15.3 Å². The highest BCUT2D eigenvalue weighted by atomic mass is 19.1. The van der Waals surface area contributed by atoms with E-state index in [4.69, 9.17) is 5.11 Å². The molecule has 1 aliphatic rings. The fourth-order valence-corrected chi connectivity index (χ4v) is 1.93. The zero-order chi connectivity index (χ0) is 14.0. The standard InChI is InChI=1S/C12H12F2N2O3/c13-7-1-2-8(14)10(5-7)16-4-3-9(16)12(19)15-6-11(17)18/h1-2,5,9H,3-4,6H2,(H,15,19)(H,17,18)/t9-/m0/s1. The zero-order valence-electron chi connectivity index (χ0n) is 9.90. The second kappa shape index (κ2) is 5.21. The molecule has 1 aliphatic heterocycles. The number of aliphatic carboxylic acids is 1. The lowest BCUT2D eigenvalue weighted by atomic mass is 10.0. The lowest BCUT2D eigenvalue weighted by Crippen LogP contribution is -2.57. The van der Waals surface area contributed by atoms with Gasteiger partial charge in [-0.3, -0.25) is 9.59 Å². The van der Waals surface area contributed by atoms with Gasteiger partial charge in [0, 0.05) is 12.6 Å². The number of hydrogen-bond acceptors (Lipinski definition) is 3. The first-order chi connectivity index (χ1) is 8.99. The van der Waals surface area contributed by atoms with Crippen LogP contribution in [0.1, 0.15) is 6.42 Å². The Kier molecular flexibility index (Phi) is 3.64. The summed E-state index contributed by atoms with van der Waals surface area (Å²) in [5, 5.41) is 10.7. The molecule has 7 heteroatoms. The van der Waals surface area contributed by atoms with Crippen LogP contribution in [0.3, 0.4) is 0 Å². The molecule has 1 aromatic rings. The van der Waals surface area contributed by atoms with Crippen LogP contribution in [0.5, 0.6) is 0 Å². The maximum atomic E-state index is 13.6. The van der Waals surface area contributed by atoms with Crippen LogP contribution >= 0.6 is 0 Å². The Morgan fingerprint density at radius 2 is 2.16 bits per heavy atom. The van der Waals surface area contributed by atoms with Gasteiger partial charge >= 0.3 is 5.97 Å². The number of rotatable bonds is 4. The van der Waals surface area contributed by atoms with Gasteiger partial charge in [-0.1, -0.05) is 0 Å². The molecular formula is C12H12F2N2O3. The maximum Gasteiger partial charge on any atom is 0.322 e. The van der Waals surface area contributed by atoms with Crippen molar-refractivity contribution in [2.24, 2.45) is 0 Å². The molecule has 0 saturated carbocycles. The molecule has 2 N–H and O–H groups in total. The van der Waals surface area contributed by atoms with Gasteiger partial charge in [0.25, 0.3) is 0 Å². The van der Waals surface area contributed by atoms with Crippen LogP contribution < -0.4 is 10.2 Å². The van der Waals surface area contributed by atoms with Gasteiger partial charge in [-0.15, -0.1) is 0 Å². The summed E-state index contributed by atoms with van der Waals surface area (Å²) in [4.78, 5) is 23.4. The second-order valence-corrected chi connectivity index (χ2v) is 4.21. The second-order valence-electron chi connectivity index (χ2n) is 4.21. The largest absolute Gasteiger partial charge is 0.480 e. The Balaban J connectivity index is 2.07. The van der Waals surface area contributed by atoms with E-state index in [0.717, 1.165) is 18.2 Å². The zero-order valence-corrected chi connectivity index (χ0v) is 9.90. The Morgan fingerprint density at radius 1 is 1.42 bits per heavy atom. The van der Waals surface area contributed by atoms with Crippen molar-refractivity contribution in [2.75, 3.05) is 18.0 Å². The van der Waals surface area contributed by atoms with Crippen molar-refractivity contribution < 1.29 is 23.5 Å². The molecule has 0 spiro atoms. The first-order valence-electron chi connectivity index (χ1n) is 5.70. The topological polar surface area (TPSA) is 69.6 Å². The fourth-order valence-electron chi connectivity index (χ4n) is 1.93. The molecule has 5 nitrogen and oxygen atoms in total. The van der Waals surface area contributed by atoms with Crippen molar-refractivity contribution >= 4 is 17.6 Å².